The molecule has 56 heavy (non-hydrogen) atoms. The normalized spacial score (nSPS) is 14.6. The molecule has 0 amide bonds. The number of rotatable bonds is 6. The minimum absolute atomic E-state index is 0.861. The third-order valence-corrected chi connectivity index (χ3v) is 14.5. The molecule has 0 bridgehead atoms. The van der Waals surface area contributed by atoms with Crippen LogP contribution in [0.1, 0.15) is 0 Å². The van der Waals surface area contributed by atoms with E-state index >= 15 is 4.57 Å². The van der Waals surface area contributed by atoms with Gasteiger partial charge in [0.25, 0.3) is 0 Å². The van der Waals surface area contributed by atoms with Crippen LogP contribution in [0.25, 0.3) is 60.5 Å². The first-order valence-electron chi connectivity index (χ1n) is 19.0. The fourth-order valence-electron chi connectivity index (χ4n) is 8.79. The Morgan fingerprint density at radius 3 is 1.70 bits per heavy atom. The molecule has 1 aliphatic rings. The smallest absolute Gasteiger partial charge is 0.172 e. The van der Waals surface area contributed by atoms with Crippen LogP contribution in [-0.2, 0) is 4.57 Å². The number of fused-ring (bicyclic) bond motifs is 8. The SMILES string of the molecule is O=P1(c2ccccc2)c2cc3ccccc3cc2-c2c1ccc1c3ccccc3n(-c3ccc(N(c4ccccc4)c4ccc(-c5ccccc5)cc4)cc3)c21. The van der Waals surface area contributed by atoms with E-state index in [9.17, 15) is 0 Å². The molecule has 0 fully saturated rings. The molecule has 0 radical (unpaired) electrons. The van der Waals surface area contributed by atoms with Crippen molar-refractivity contribution in [3.63, 3.8) is 0 Å². The van der Waals surface area contributed by atoms with Gasteiger partial charge in [0.2, 0.25) is 0 Å². The Hall–Kier alpha value is -6.93. The fourth-order valence-corrected chi connectivity index (χ4v) is 11.9. The zero-order chi connectivity index (χ0) is 37.2. The Labute approximate surface area is 325 Å². The molecule has 9 aromatic carbocycles. The van der Waals surface area contributed by atoms with Gasteiger partial charge in [0, 0.05) is 55.0 Å². The van der Waals surface area contributed by atoms with Gasteiger partial charge in [0.15, 0.2) is 7.14 Å². The quantitative estimate of drug-likeness (QED) is 0.159. The fraction of sp³-hybridized carbons (Fsp3) is 0. The maximum Gasteiger partial charge on any atom is 0.172 e. The van der Waals surface area contributed by atoms with Gasteiger partial charge in [-0.15, -0.1) is 0 Å². The largest absolute Gasteiger partial charge is 0.311 e. The van der Waals surface area contributed by atoms with Gasteiger partial charge >= 0.3 is 0 Å². The van der Waals surface area contributed by atoms with Gasteiger partial charge in [-0.05, 0) is 100 Å². The van der Waals surface area contributed by atoms with Crippen molar-refractivity contribution < 1.29 is 4.57 Å². The van der Waals surface area contributed by atoms with E-state index in [0.29, 0.717) is 0 Å². The molecule has 4 heteroatoms. The lowest BCUT2D eigenvalue weighted by molar-refractivity contribution is 0.593. The maximum absolute atomic E-state index is 15.9. The summed E-state index contributed by atoms with van der Waals surface area (Å²) in [4.78, 5) is 2.31. The Morgan fingerprint density at radius 2 is 0.982 bits per heavy atom. The molecular formula is C52H35N2OP. The zero-order valence-corrected chi connectivity index (χ0v) is 31.4. The van der Waals surface area contributed by atoms with Gasteiger partial charge in [0.05, 0.1) is 11.0 Å². The monoisotopic (exact) mass is 734 g/mol. The number of nitrogens with zero attached hydrogens (tertiary/aromatic N) is 2. The van der Waals surface area contributed by atoms with E-state index in [1.54, 1.807) is 0 Å². The maximum atomic E-state index is 15.9. The van der Waals surface area contributed by atoms with Crippen LogP contribution in [0.4, 0.5) is 17.1 Å². The second kappa shape index (κ2) is 12.8. The van der Waals surface area contributed by atoms with Gasteiger partial charge in [0.1, 0.15) is 0 Å². The third-order valence-electron chi connectivity index (χ3n) is 11.4. The zero-order valence-electron chi connectivity index (χ0n) is 30.5. The van der Waals surface area contributed by atoms with E-state index in [1.165, 1.54) is 16.5 Å². The van der Waals surface area contributed by atoms with E-state index in [2.05, 4.69) is 191 Å². The van der Waals surface area contributed by atoms with Crippen molar-refractivity contribution in [2.24, 2.45) is 0 Å². The molecule has 0 saturated carbocycles. The van der Waals surface area contributed by atoms with Crippen LogP contribution in [0.15, 0.2) is 212 Å². The Balaban J connectivity index is 1.12. The molecule has 0 N–H and O–H groups in total. The average Bonchev–Trinajstić information content (AvgIpc) is 3.74. The van der Waals surface area contributed by atoms with Crippen LogP contribution >= 0.6 is 7.14 Å². The summed E-state index contributed by atoms with van der Waals surface area (Å²) in [5, 5.41) is 7.22. The summed E-state index contributed by atoms with van der Waals surface area (Å²) in [5.41, 5.74) is 11.0. The van der Waals surface area contributed by atoms with E-state index in [-0.39, 0.29) is 0 Å². The summed E-state index contributed by atoms with van der Waals surface area (Å²) in [6.07, 6.45) is 0. The molecule has 2 heterocycles. The summed E-state index contributed by atoms with van der Waals surface area (Å²) in [7, 11) is -3.20. The van der Waals surface area contributed by atoms with Crippen molar-refractivity contribution in [2.45, 2.75) is 0 Å². The summed E-state index contributed by atoms with van der Waals surface area (Å²) < 4.78 is 18.3. The first-order valence-corrected chi connectivity index (χ1v) is 20.7. The molecule has 1 aromatic heterocycles. The lowest BCUT2D eigenvalue weighted by Crippen LogP contribution is -2.20. The van der Waals surface area contributed by atoms with Crippen molar-refractivity contribution in [3.8, 4) is 27.9 Å². The first-order chi connectivity index (χ1) is 27.7. The number of anilines is 3. The molecule has 1 atom stereocenters. The number of para-hydroxylation sites is 2. The molecule has 3 nitrogen and oxygen atoms in total. The highest BCUT2D eigenvalue weighted by molar-refractivity contribution is 7.86. The highest BCUT2D eigenvalue weighted by Crippen LogP contribution is 2.55. The molecule has 11 rings (SSSR count). The van der Waals surface area contributed by atoms with Crippen LogP contribution in [0.5, 0.6) is 0 Å². The lowest BCUT2D eigenvalue weighted by Gasteiger charge is -2.26. The van der Waals surface area contributed by atoms with Crippen LogP contribution in [-0.4, -0.2) is 4.57 Å². The summed E-state index contributed by atoms with van der Waals surface area (Å²) in [5.74, 6) is 0. The van der Waals surface area contributed by atoms with Gasteiger partial charge in [-0.1, -0.05) is 140 Å². The van der Waals surface area contributed by atoms with E-state index < -0.39 is 7.14 Å². The average molecular weight is 735 g/mol. The second-order valence-corrected chi connectivity index (χ2v) is 17.2. The van der Waals surface area contributed by atoms with E-state index in [1.807, 2.05) is 30.3 Å². The lowest BCUT2D eigenvalue weighted by atomic mass is 9.99. The third kappa shape index (κ3) is 4.95. The standard InChI is InChI=1S/C52H35N2OP/c55-56(44-20-8-3-9-21-44)49-33-32-46-45-22-12-13-23-48(45)54(52(46)51(49)47-34-38-16-10-11-17-39(38)35-50(47)56)43-30-28-42(29-31-43)53(40-18-6-2-7-19-40)41-26-24-37(25-27-41)36-14-4-1-5-15-36/h1-35H. The molecule has 0 spiro atoms. The van der Waals surface area contributed by atoms with Crippen LogP contribution in [0.3, 0.4) is 0 Å². The summed E-state index contributed by atoms with van der Waals surface area (Å²) >= 11 is 0. The molecule has 264 valence electrons. The molecule has 0 saturated heterocycles. The van der Waals surface area contributed by atoms with Gasteiger partial charge < -0.3 is 14.0 Å². The number of benzene rings is 9. The Morgan fingerprint density at radius 1 is 0.429 bits per heavy atom. The van der Waals surface area contributed by atoms with Crippen molar-refractivity contribution in [1.29, 1.82) is 0 Å². The highest BCUT2D eigenvalue weighted by Gasteiger charge is 2.42. The highest BCUT2D eigenvalue weighted by atomic mass is 31.2. The first kappa shape index (κ1) is 32.5. The minimum Gasteiger partial charge on any atom is -0.311 e. The van der Waals surface area contributed by atoms with Gasteiger partial charge in [-0.2, -0.15) is 0 Å². The molecule has 0 aliphatic carbocycles. The second-order valence-electron chi connectivity index (χ2n) is 14.5. The van der Waals surface area contributed by atoms with Crippen molar-refractivity contribution in [1.82, 2.24) is 4.57 Å². The van der Waals surface area contributed by atoms with Crippen molar-refractivity contribution in [2.75, 3.05) is 4.90 Å². The molecular weight excluding hydrogens is 700 g/mol. The Bertz CT molecular complexity index is 3140. The Kier molecular flexibility index (Phi) is 7.45. The van der Waals surface area contributed by atoms with Crippen molar-refractivity contribution >= 4 is 72.7 Å². The van der Waals surface area contributed by atoms with Crippen LogP contribution in [0, 0.1) is 0 Å². The number of hydrogen-bond acceptors (Lipinski definition) is 2. The number of hydrogen-bond donors (Lipinski definition) is 0. The van der Waals surface area contributed by atoms with Crippen LogP contribution < -0.4 is 20.8 Å². The minimum atomic E-state index is -3.20. The van der Waals surface area contributed by atoms with E-state index in [4.69, 9.17) is 0 Å². The van der Waals surface area contributed by atoms with Gasteiger partial charge in [-0.25, -0.2) is 0 Å². The van der Waals surface area contributed by atoms with Crippen LogP contribution in [0.2, 0.25) is 0 Å². The van der Waals surface area contributed by atoms with Crippen molar-refractivity contribution in [3.05, 3.63) is 212 Å². The molecule has 1 unspecified atom stereocenters. The number of aromatic nitrogens is 1. The van der Waals surface area contributed by atoms with Gasteiger partial charge in [-0.3, -0.25) is 0 Å². The summed E-state index contributed by atoms with van der Waals surface area (Å²) in [6.45, 7) is 0. The molecule has 1 aliphatic heterocycles. The predicted molar refractivity (Wildman–Crippen MR) is 237 cm³/mol. The summed E-state index contributed by atoms with van der Waals surface area (Å²) in [6, 6.07) is 74.6. The topological polar surface area (TPSA) is 25.2 Å². The predicted octanol–water partition coefficient (Wildman–Crippen LogP) is 12.7. The molecule has 10 aromatic rings. The van der Waals surface area contributed by atoms with E-state index in [0.717, 1.165) is 77.0 Å².